The fraction of sp³-hybridized carbons (Fsp3) is 0.758. The van der Waals surface area contributed by atoms with Crippen LogP contribution in [0.1, 0.15) is 45.6 Å². The zero-order chi connectivity index (χ0) is 34.0. The lowest BCUT2D eigenvalue weighted by molar-refractivity contribution is -0.205. The molecule has 0 bridgehead atoms. The highest BCUT2D eigenvalue weighted by atomic mass is 32.2. The molecule has 3 aliphatic heterocycles. The summed E-state index contributed by atoms with van der Waals surface area (Å²) in [6.45, 7) is 8.61. The molecule has 3 heterocycles. The van der Waals surface area contributed by atoms with E-state index in [0.29, 0.717) is 18.4 Å². The van der Waals surface area contributed by atoms with Gasteiger partial charge in [0.25, 0.3) is 6.47 Å². The maximum atomic E-state index is 13.9. The van der Waals surface area contributed by atoms with Gasteiger partial charge in [0.1, 0.15) is 35.9 Å². The van der Waals surface area contributed by atoms with Crippen LogP contribution in [0.2, 0.25) is 0 Å². The van der Waals surface area contributed by atoms with Gasteiger partial charge < -0.3 is 45.4 Å². The summed E-state index contributed by atoms with van der Waals surface area (Å²) in [4.78, 5) is 25.5. The van der Waals surface area contributed by atoms with Crippen LogP contribution in [0, 0.1) is 17.8 Å². The SMILES string of the molecule is CS[C@H]1O[C@H]([C@H](NC(=O)[C@H]2NC[C@@H]3C[C@H](CC(C)C)CCO[C@H]32)[C@H](C)Sc2ccc(CCN(C)C)cc2)[C@H](O)[C@H](O)[C@H]1O.O=CO. The van der Waals surface area contributed by atoms with Gasteiger partial charge in [-0.2, -0.15) is 0 Å². The molecule has 0 radical (unpaired) electrons. The number of thioether (sulfide) groups is 2. The Kier molecular flexibility index (Phi) is 16.1. The molecule has 0 aliphatic carbocycles. The maximum Gasteiger partial charge on any atom is 0.290 e. The van der Waals surface area contributed by atoms with Gasteiger partial charge >= 0.3 is 0 Å². The summed E-state index contributed by atoms with van der Waals surface area (Å²) < 4.78 is 12.5. The van der Waals surface area contributed by atoms with Gasteiger partial charge in [0.05, 0.1) is 12.1 Å². The second kappa shape index (κ2) is 18.9. The van der Waals surface area contributed by atoms with Gasteiger partial charge in [0.2, 0.25) is 5.91 Å². The van der Waals surface area contributed by atoms with Crippen LogP contribution in [0.3, 0.4) is 0 Å². The van der Waals surface area contributed by atoms with Gasteiger partial charge in [0, 0.05) is 29.8 Å². The van der Waals surface area contributed by atoms with Gasteiger partial charge in [0.15, 0.2) is 0 Å². The number of ether oxygens (including phenoxy) is 2. The first-order chi connectivity index (χ1) is 21.9. The van der Waals surface area contributed by atoms with Crippen molar-refractivity contribution in [3.05, 3.63) is 29.8 Å². The average molecular weight is 686 g/mol. The van der Waals surface area contributed by atoms with E-state index in [1.807, 2.05) is 6.92 Å². The van der Waals surface area contributed by atoms with E-state index in [9.17, 15) is 20.1 Å². The number of amides is 1. The summed E-state index contributed by atoms with van der Waals surface area (Å²) in [7, 11) is 4.12. The molecule has 13 heteroatoms. The number of hydrogen-bond donors (Lipinski definition) is 6. The predicted octanol–water partition coefficient (Wildman–Crippen LogP) is 2.06. The molecular weight excluding hydrogens is 631 g/mol. The van der Waals surface area contributed by atoms with E-state index in [2.05, 4.69) is 67.7 Å². The third-order valence-corrected chi connectivity index (χ3v) is 11.1. The lowest BCUT2D eigenvalue weighted by atomic mass is 9.85. The van der Waals surface area contributed by atoms with Crippen LogP contribution in [0.15, 0.2) is 29.2 Å². The van der Waals surface area contributed by atoms with Gasteiger partial charge in [-0.3, -0.25) is 9.59 Å². The van der Waals surface area contributed by atoms with Crippen molar-refractivity contribution >= 4 is 35.9 Å². The molecule has 4 rings (SSSR count). The first-order valence-electron chi connectivity index (χ1n) is 16.3. The zero-order valence-electron chi connectivity index (χ0n) is 28.0. The van der Waals surface area contributed by atoms with Gasteiger partial charge in [-0.15, -0.1) is 23.5 Å². The van der Waals surface area contributed by atoms with Crippen molar-refractivity contribution in [2.75, 3.05) is 40.0 Å². The van der Waals surface area contributed by atoms with Gasteiger partial charge in [-0.1, -0.05) is 32.9 Å². The monoisotopic (exact) mass is 685 g/mol. The number of likely N-dealkylation sites (N-methyl/N-ethyl adjacent to an activating group) is 1. The highest BCUT2D eigenvalue weighted by Crippen LogP contribution is 2.36. The average Bonchev–Trinajstić information content (AvgIpc) is 3.30. The Labute approximate surface area is 282 Å². The number of rotatable bonds is 12. The summed E-state index contributed by atoms with van der Waals surface area (Å²) in [5, 5.41) is 45.6. The van der Waals surface area contributed by atoms with Crippen molar-refractivity contribution in [2.24, 2.45) is 17.8 Å². The lowest BCUT2D eigenvalue weighted by Crippen LogP contribution is -2.65. The minimum atomic E-state index is -1.39. The fourth-order valence-electron chi connectivity index (χ4n) is 6.73. The number of benzene rings is 1. The van der Waals surface area contributed by atoms with E-state index in [1.54, 1.807) is 18.0 Å². The van der Waals surface area contributed by atoms with Crippen molar-refractivity contribution in [2.45, 2.75) is 105 Å². The van der Waals surface area contributed by atoms with Crippen molar-refractivity contribution in [1.82, 2.24) is 15.5 Å². The second-order valence-corrected chi connectivity index (χ2v) is 15.7. The molecule has 0 spiro atoms. The van der Waals surface area contributed by atoms with E-state index in [1.165, 1.54) is 23.7 Å². The Morgan fingerprint density at radius 1 is 1.13 bits per heavy atom. The highest BCUT2D eigenvalue weighted by Gasteiger charge is 2.50. The molecule has 0 aromatic heterocycles. The molecule has 3 fully saturated rings. The van der Waals surface area contributed by atoms with E-state index >= 15 is 0 Å². The number of aliphatic hydroxyl groups excluding tert-OH is 3. The number of nitrogens with zero attached hydrogens (tertiary/aromatic N) is 1. The molecule has 11 nitrogen and oxygen atoms in total. The Bertz CT molecular complexity index is 1070. The molecule has 0 saturated carbocycles. The molecule has 1 aromatic carbocycles. The summed E-state index contributed by atoms with van der Waals surface area (Å²) in [5.41, 5.74) is 0.524. The molecule has 6 N–H and O–H groups in total. The minimum Gasteiger partial charge on any atom is -0.483 e. The van der Waals surface area contributed by atoms with Crippen molar-refractivity contribution < 1.29 is 39.5 Å². The Morgan fingerprint density at radius 3 is 2.41 bits per heavy atom. The number of fused-ring (bicyclic) bond motifs is 1. The van der Waals surface area contributed by atoms with Crippen LogP contribution in [0.25, 0.3) is 0 Å². The summed E-state index contributed by atoms with van der Waals surface area (Å²) >= 11 is 2.86. The van der Waals surface area contributed by atoms with Crippen molar-refractivity contribution in [3.63, 3.8) is 0 Å². The molecule has 262 valence electrons. The first kappa shape index (κ1) is 39.0. The maximum absolute atomic E-state index is 13.9. The number of nitrogens with one attached hydrogen (secondary N) is 2. The molecular formula is C33H55N3O8S2. The van der Waals surface area contributed by atoms with Crippen LogP contribution < -0.4 is 10.6 Å². The number of carbonyl (C=O) groups excluding carboxylic acids is 1. The van der Waals surface area contributed by atoms with Crippen LogP contribution in [-0.4, -0.2) is 131 Å². The smallest absolute Gasteiger partial charge is 0.290 e. The van der Waals surface area contributed by atoms with E-state index in [0.717, 1.165) is 37.2 Å². The molecule has 3 aliphatic rings. The quantitative estimate of drug-likeness (QED) is 0.141. The van der Waals surface area contributed by atoms with Crippen LogP contribution >= 0.6 is 23.5 Å². The number of aliphatic hydroxyl groups is 3. The Morgan fingerprint density at radius 2 is 1.80 bits per heavy atom. The molecule has 0 unspecified atom stereocenters. The van der Waals surface area contributed by atoms with E-state index in [4.69, 9.17) is 19.4 Å². The van der Waals surface area contributed by atoms with E-state index < -0.39 is 41.9 Å². The second-order valence-electron chi connectivity index (χ2n) is 13.3. The zero-order valence-corrected chi connectivity index (χ0v) is 29.6. The predicted molar refractivity (Wildman–Crippen MR) is 182 cm³/mol. The number of carbonyl (C=O) groups is 2. The Balaban J connectivity index is 0.00000185. The molecule has 46 heavy (non-hydrogen) atoms. The number of carboxylic acid groups (broad SMARTS) is 1. The summed E-state index contributed by atoms with van der Waals surface area (Å²) in [6.07, 6.45) is 0.869. The Hall–Kier alpha value is -1.42. The minimum absolute atomic E-state index is 0.191. The first-order valence-corrected chi connectivity index (χ1v) is 18.4. The summed E-state index contributed by atoms with van der Waals surface area (Å²) in [5.74, 6) is 1.31. The van der Waals surface area contributed by atoms with Crippen LogP contribution in [0.4, 0.5) is 0 Å². The standard InChI is InChI=1S/C32H53N3O6S2.CH2O2/c1-18(2)15-21-12-14-40-29-22(16-21)17-33-25(29)31(39)34-24(30-27(37)26(36)28(38)32(41-30)42-6)19(3)43-23-9-7-20(8-10-23)11-13-35(4)5;2-1-3/h7-10,18-19,21-22,24-30,32-33,36-38H,11-17H2,1-6H3,(H,34,39);1H,(H,2,3)/t19-,21-,22-,24+,25-,26-,27+,28+,29+,30+,32+;/m0./s1. The summed E-state index contributed by atoms with van der Waals surface area (Å²) in [6, 6.07) is 7.27. The fourth-order valence-corrected chi connectivity index (χ4v) is 8.50. The topological polar surface area (TPSA) is 161 Å². The van der Waals surface area contributed by atoms with Crippen molar-refractivity contribution in [3.8, 4) is 0 Å². The van der Waals surface area contributed by atoms with Gasteiger partial charge in [-0.05, 0) is 81.5 Å². The number of hydrogen-bond acceptors (Lipinski definition) is 11. The molecule has 1 amide bonds. The molecule has 1 aromatic rings. The molecule has 11 atom stereocenters. The third-order valence-electron chi connectivity index (χ3n) is 9.05. The normalized spacial score (nSPS) is 32.5. The largest absolute Gasteiger partial charge is 0.483 e. The molecule has 3 saturated heterocycles. The van der Waals surface area contributed by atoms with E-state index in [-0.39, 0.29) is 29.7 Å². The van der Waals surface area contributed by atoms with Gasteiger partial charge in [-0.25, -0.2) is 0 Å². The van der Waals surface area contributed by atoms with Crippen LogP contribution in [-0.2, 0) is 25.5 Å². The third kappa shape index (κ3) is 10.8. The highest BCUT2D eigenvalue weighted by molar-refractivity contribution is 8.00. The van der Waals surface area contributed by atoms with Crippen LogP contribution in [0.5, 0.6) is 0 Å². The lowest BCUT2D eigenvalue weighted by Gasteiger charge is -2.44. The van der Waals surface area contributed by atoms with Crippen molar-refractivity contribution in [1.29, 1.82) is 0 Å².